The van der Waals surface area contributed by atoms with Gasteiger partial charge in [-0.25, -0.2) is 9.97 Å². The van der Waals surface area contributed by atoms with Crippen molar-refractivity contribution in [3.8, 4) is 11.4 Å². The molecule has 3 heterocycles. The minimum atomic E-state index is -0.291. The summed E-state index contributed by atoms with van der Waals surface area (Å²) >= 11 is 0. The first kappa shape index (κ1) is 26.8. The molecule has 0 saturated carbocycles. The second-order valence-corrected chi connectivity index (χ2v) is 10.4. The number of aromatic nitrogens is 2. The number of hydrogen-bond acceptors (Lipinski definition) is 7. The lowest BCUT2D eigenvalue weighted by Gasteiger charge is -2.37. The van der Waals surface area contributed by atoms with Gasteiger partial charge in [0.1, 0.15) is 11.4 Å². The fourth-order valence-corrected chi connectivity index (χ4v) is 5.35. The van der Waals surface area contributed by atoms with Crippen molar-refractivity contribution in [3.05, 3.63) is 77.5 Å². The zero-order valence-electron chi connectivity index (χ0n) is 22.9. The van der Waals surface area contributed by atoms with Crippen LogP contribution in [-0.2, 0) is 16.1 Å². The molecule has 0 N–H and O–H groups in total. The summed E-state index contributed by atoms with van der Waals surface area (Å²) < 4.78 is 5.25. The number of piperazine rings is 1. The summed E-state index contributed by atoms with van der Waals surface area (Å²) in [7, 11) is 0. The van der Waals surface area contributed by atoms with Crippen molar-refractivity contribution in [1.29, 1.82) is 0 Å². The van der Waals surface area contributed by atoms with Crippen molar-refractivity contribution >= 4 is 17.7 Å². The fourth-order valence-electron chi connectivity index (χ4n) is 5.35. The van der Waals surface area contributed by atoms with Crippen LogP contribution in [0.3, 0.4) is 0 Å². The van der Waals surface area contributed by atoms with Crippen molar-refractivity contribution in [1.82, 2.24) is 19.8 Å². The first-order chi connectivity index (χ1) is 19.0. The molecule has 5 rings (SSSR count). The third kappa shape index (κ3) is 6.45. The number of aryl methyl sites for hydroxylation is 1. The summed E-state index contributed by atoms with van der Waals surface area (Å²) in [4.78, 5) is 42.2. The average molecular weight is 528 g/mol. The molecule has 8 heteroatoms. The highest BCUT2D eigenvalue weighted by Gasteiger charge is 2.32. The molecule has 3 aromatic rings. The molecule has 0 bridgehead atoms. The number of carbonyl (C=O) groups excluding carboxylic acids is 2. The van der Waals surface area contributed by atoms with Crippen LogP contribution < -0.4 is 4.90 Å². The molecule has 0 spiro atoms. The van der Waals surface area contributed by atoms with E-state index in [4.69, 9.17) is 9.72 Å². The van der Waals surface area contributed by atoms with Crippen molar-refractivity contribution in [3.63, 3.8) is 0 Å². The van der Waals surface area contributed by atoms with Crippen LogP contribution in [0.1, 0.15) is 41.3 Å². The summed E-state index contributed by atoms with van der Waals surface area (Å²) in [6, 6.07) is 18.6. The number of benzene rings is 2. The van der Waals surface area contributed by atoms with E-state index < -0.39 is 0 Å². The standard InChI is InChI=1S/C31H37N5O3/c1-3-39-31(38)26-10-7-15-36(22-26)30(37)27-20-32-28(25-13-11-23(2)12-14-25)33-29(27)35-18-16-34(17-19-35)21-24-8-5-4-6-9-24/h4-6,8-9,11-14,20,26H,3,7,10,15-19,21-22H2,1-2H3/t26-/m0/s1. The number of amides is 1. The summed E-state index contributed by atoms with van der Waals surface area (Å²) in [6.07, 6.45) is 3.18. The Labute approximate surface area is 230 Å². The summed E-state index contributed by atoms with van der Waals surface area (Å²) in [5.41, 5.74) is 3.88. The van der Waals surface area contributed by atoms with E-state index in [-0.39, 0.29) is 17.8 Å². The van der Waals surface area contributed by atoms with E-state index in [1.807, 2.05) is 37.3 Å². The Morgan fingerprint density at radius 1 is 0.974 bits per heavy atom. The third-order valence-corrected chi connectivity index (χ3v) is 7.56. The minimum absolute atomic E-state index is 0.124. The van der Waals surface area contributed by atoms with Gasteiger partial charge in [0, 0.05) is 57.6 Å². The maximum Gasteiger partial charge on any atom is 0.310 e. The molecule has 0 aliphatic carbocycles. The number of ether oxygens (including phenoxy) is 1. The lowest BCUT2D eigenvalue weighted by atomic mass is 9.97. The van der Waals surface area contributed by atoms with Gasteiger partial charge in [-0.2, -0.15) is 0 Å². The SMILES string of the molecule is CCOC(=O)[C@H]1CCCN(C(=O)c2cnc(-c3ccc(C)cc3)nc2N2CCN(Cc3ccccc3)CC2)C1. The predicted molar refractivity (Wildman–Crippen MR) is 151 cm³/mol. The first-order valence-electron chi connectivity index (χ1n) is 13.9. The largest absolute Gasteiger partial charge is 0.466 e. The van der Waals surface area contributed by atoms with Gasteiger partial charge in [-0.15, -0.1) is 0 Å². The highest BCUT2D eigenvalue weighted by atomic mass is 16.5. The molecule has 2 aliphatic heterocycles. The van der Waals surface area contributed by atoms with E-state index in [1.165, 1.54) is 11.1 Å². The first-order valence-corrected chi connectivity index (χ1v) is 13.9. The number of esters is 1. The molecular weight excluding hydrogens is 490 g/mol. The van der Waals surface area contributed by atoms with Crippen LogP contribution in [0.4, 0.5) is 5.82 Å². The molecule has 2 aromatic carbocycles. The van der Waals surface area contributed by atoms with Crippen LogP contribution in [0.5, 0.6) is 0 Å². The number of piperidine rings is 1. The molecule has 0 radical (unpaired) electrons. The molecule has 1 aromatic heterocycles. The van der Waals surface area contributed by atoms with Crippen molar-refractivity contribution in [2.45, 2.75) is 33.2 Å². The van der Waals surface area contributed by atoms with Crippen LogP contribution in [0.2, 0.25) is 0 Å². The van der Waals surface area contributed by atoms with E-state index >= 15 is 0 Å². The average Bonchev–Trinajstić information content (AvgIpc) is 2.98. The highest BCUT2D eigenvalue weighted by molar-refractivity contribution is 5.99. The molecule has 2 aliphatic rings. The zero-order chi connectivity index (χ0) is 27.2. The van der Waals surface area contributed by atoms with Crippen molar-refractivity contribution in [2.75, 3.05) is 50.8 Å². The van der Waals surface area contributed by atoms with Gasteiger partial charge in [0.05, 0.1) is 12.5 Å². The molecule has 0 unspecified atom stereocenters. The van der Waals surface area contributed by atoms with E-state index in [9.17, 15) is 9.59 Å². The van der Waals surface area contributed by atoms with Crippen molar-refractivity contribution in [2.24, 2.45) is 5.92 Å². The third-order valence-electron chi connectivity index (χ3n) is 7.56. The number of rotatable bonds is 7. The van der Waals surface area contributed by atoms with Crippen LogP contribution in [0.15, 0.2) is 60.8 Å². The van der Waals surface area contributed by atoms with E-state index in [1.54, 1.807) is 11.1 Å². The van der Waals surface area contributed by atoms with Gasteiger partial charge in [0.15, 0.2) is 5.82 Å². The summed E-state index contributed by atoms with van der Waals surface area (Å²) in [5, 5.41) is 0. The van der Waals surface area contributed by atoms with Crippen LogP contribution in [0.25, 0.3) is 11.4 Å². The molecular formula is C31H37N5O3. The van der Waals surface area contributed by atoms with Crippen LogP contribution in [-0.4, -0.2) is 77.5 Å². The molecule has 8 nitrogen and oxygen atoms in total. The predicted octanol–water partition coefficient (Wildman–Crippen LogP) is 4.19. The summed E-state index contributed by atoms with van der Waals surface area (Å²) in [6.45, 7) is 9.37. The molecule has 204 valence electrons. The van der Waals surface area contributed by atoms with E-state index in [0.29, 0.717) is 36.9 Å². The fraction of sp³-hybridized carbons (Fsp3) is 0.419. The van der Waals surface area contributed by atoms with Gasteiger partial charge in [0.2, 0.25) is 0 Å². The Bertz CT molecular complexity index is 1270. The van der Waals surface area contributed by atoms with Crippen LogP contribution in [0, 0.1) is 12.8 Å². The second kappa shape index (κ2) is 12.4. The Morgan fingerprint density at radius 2 is 1.72 bits per heavy atom. The van der Waals surface area contributed by atoms with Gasteiger partial charge >= 0.3 is 5.97 Å². The van der Waals surface area contributed by atoms with Gasteiger partial charge in [-0.1, -0.05) is 60.2 Å². The Kier molecular flexibility index (Phi) is 8.51. The number of carbonyl (C=O) groups is 2. The Morgan fingerprint density at radius 3 is 2.44 bits per heavy atom. The topological polar surface area (TPSA) is 78.9 Å². The van der Waals surface area contributed by atoms with Gasteiger partial charge in [-0.3, -0.25) is 14.5 Å². The van der Waals surface area contributed by atoms with E-state index in [0.717, 1.165) is 51.1 Å². The lowest BCUT2D eigenvalue weighted by Crippen LogP contribution is -2.47. The number of nitrogens with zero attached hydrogens (tertiary/aromatic N) is 5. The monoisotopic (exact) mass is 527 g/mol. The molecule has 2 saturated heterocycles. The molecule has 1 atom stereocenters. The quantitative estimate of drug-likeness (QED) is 0.427. The minimum Gasteiger partial charge on any atom is -0.466 e. The number of hydrogen-bond donors (Lipinski definition) is 0. The van der Waals surface area contributed by atoms with Gasteiger partial charge in [0.25, 0.3) is 5.91 Å². The highest BCUT2D eigenvalue weighted by Crippen LogP contribution is 2.27. The summed E-state index contributed by atoms with van der Waals surface area (Å²) in [5.74, 6) is 0.636. The normalized spacial score (nSPS) is 18.2. The van der Waals surface area contributed by atoms with Crippen LogP contribution >= 0.6 is 0 Å². The Balaban J connectivity index is 1.38. The van der Waals surface area contributed by atoms with E-state index in [2.05, 4.69) is 46.0 Å². The van der Waals surface area contributed by atoms with Gasteiger partial charge < -0.3 is 14.5 Å². The molecule has 2 fully saturated rings. The second-order valence-electron chi connectivity index (χ2n) is 10.4. The van der Waals surface area contributed by atoms with Gasteiger partial charge in [-0.05, 0) is 32.3 Å². The van der Waals surface area contributed by atoms with Crippen molar-refractivity contribution < 1.29 is 14.3 Å². The molecule has 39 heavy (non-hydrogen) atoms. The Hall–Kier alpha value is -3.78. The number of anilines is 1. The zero-order valence-corrected chi connectivity index (χ0v) is 22.9. The maximum absolute atomic E-state index is 13.8. The maximum atomic E-state index is 13.8. The number of likely N-dealkylation sites (tertiary alicyclic amines) is 1. The molecule has 1 amide bonds. The smallest absolute Gasteiger partial charge is 0.310 e. The lowest BCUT2D eigenvalue weighted by molar-refractivity contribution is -0.149.